The van der Waals surface area contributed by atoms with Crippen molar-refractivity contribution in [2.24, 2.45) is 0 Å². The molecule has 1 aliphatic heterocycles. The maximum Gasteiger partial charge on any atom is 0.306 e. The molecule has 0 bridgehead atoms. The third-order valence-corrected chi connectivity index (χ3v) is 7.39. The number of amides is 1. The smallest absolute Gasteiger partial charge is 0.306 e. The number of rotatable bonds is 10. The number of ether oxygens (including phenoxy) is 2. The number of nitrogens with zero attached hydrogens (tertiary/aromatic N) is 1. The zero-order valence-corrected chi connectivity index (χ0v) is 19.6. The van der Waals surface area contributed by atoms with Crippen LogP contribution in [0.15, 0.2) is 53.4 Å². The Kier molecular flexibility index (Phi) is 8.85. The van der Waals surface area contributed by atoms with Crippen LogP contribution in [0, 0.1) is 0 Å². The predicted molar refractivity (Wildman–Crippen MR) is 123 cm³/mol. The summed E-state index contributed by atoms with van der Waals surface area (Å²) in [5.74, 6) is -0.180. The van der Waals surface area contributed by atoms with Crippen molar-refractivity contribution in [3.63, 3.8) is 0 Å². The molecule has 33 heavy (non-hydrogen) atoms. The molecule has 1 N–H and O–H groups in total. The molecule has 1 heterocycles. The first kappa shape index (κ1) is 24.7. The van der Waals surface area contributed by atoms with Gasteiger partial charge in [0.05, 0.1) is 12.0 Å². The van der Waals surface area contributed by atoms with Crippen molar-refractivity contribution in [2.45, 2.75) is 43.5 Å². The topological polar surface area (TPSA) is 102 Å². The highest BCUT2D eigenvalue weighted by atomic mass is 32.2. The van der Waals surface area contributed by atoms with E-state index >= 15 is 0 Å². The van der Waals surface area contributed by atoms with E-state index in [9.17, 15) is 18.0 Å². The van der Waals surface area contributed by atoms with Crippen LogP contribution in [0.4, 0.5) is 0 Å². The molecule has 1 fully saturated rings. The Morgan fingerprint density at radius 1 is 1.00 bits per heavy atom. The van der Waals surface area contributed by atoms with Gasteiger partial charge in [0.2, 0.25) is 10.0 Å². The van der Waals surface area contributed by atoms with Crippen LogP contribution in [0.2, 0.25) is 0 Å². The lowest BCUT2D eigenvalue weighted by Gasteiger charge is -2.25. The minimum Gasteiger partial charge on any atom is -0.497 e. The van der Waals surface area contributed by atoms with Crippen LogP contribution in [0.1, 0.15) is 36.8 Å². The maximum atomic E-state index is 12.7. The second-order valence-electron chi connectivity index (χ2n) is 7.90. The van der Waals surface area contributed by atoms with Crippen LogP contribution in [0.5, 0.6) is 5.75 Å². The maximum absolute atomic E-state index is 12.7. The van der Waals surface area contributed by atoms with Gasteiger partial charge in [0.25, 0.3) is 5.91 Å². The molecule has 0 aliphatic carbocycles. The minimum absolute atomic E-state index is 0.0986. The Morgan fingerprint density at radius 2 is 1.73 bits per heavy atom. The summed E-state index contributed by atoms with van der Waals surface area (Å²) in [7, 11) is -1.90. The number of benzene rings is 2. The Hall–Kier alpha value is -2.91. The number of methoxy groups -OCH3 is 1. The number of hydrogen-bond donors (Lipinski definition) is 1. The lowest BCUT2D eigenvalue weighted by atomic mass is 10.1. The molecule has 0 atom stereocenters. The monoisotopic (exact) mass is 474 g/mol. The highest BCUT2D eigenvalue weighted by Crippen LogP contribution is 2.21. The molecule has 9 heteroatoms. The quantitative estimate of drug-likeness (QED) is 0.531. The average Bonchev–Trinajstić information content (AvgIpc) is 2.85. The second kappa shape index (κ2) is 11.8. The van der Waals surface area contributed by atoms with Gasteiger partial charge in [0.1, 0.15) is 5.75 Å². The molecule has 1 amide bonds. The Morgan fingerprint density at radius 3 is 2.42 bits per heavy atom. The van der Waals surface area contributed by atoms with E-state index in [1.807, 2.05) is 24.3 Å². The zero-order chi connectivity index (χ0) is 23.7. The molecular formula is C24H30N2O6S. The summed E-state index contributed by atoms with van der Waals surface area (Å²) in [6.45, 7) is 1.07. The normalized spacial score (nSPS) is 14.5. The fourth-order valence-corrected chi connectivity index (χ4v) is 5.10. The van der Waals surface area contributed by atoms with E-state index in [0.717, 1.165) is 30.4 Å². The summed E-state index contributed by atoms with van der Waals surface area (Å²) >= 11 is 0. The second-order valence-corrected chi connectivity index (χ2v) is 9.84. The van der Waals surface area contributed by atoms with Gasteiger partial charge in [-0.2, -0.15) is 4.31 Å². The molecule has 2 aromatic rings. The number of carbonyl (C=O) groups is 2. The first-order chi connectivity index (χ1) is 15.9. The van der Waals surface area contributed by atoms with E-state index in [1.165, 1.54) is 4.31 Å². The van der Waals surface area contributed by atoms with E-state index < -0.39 is 21.9 Å². The fourth-order valence-electron chi connectivity index (χ4n) is 3.58. The van der Waals surface area contributed by atoms with Crippen LogP contribution < -0.4 is 10.1 Å². The summed E-state index contributed by atoms with van der Waals surface area (Å²) in [5, 5.41) is 2.69. The zero-order valence-electron chi connectivity index (χ0n) is 18.8. The minimum atomic E-state index is -3.47. The summed E-state index contributed by atoms with van der Waals surface area (Å²) < 4.78 is 37.1. The SMILES string of the molecule is COc1cccc(CNC(=O)COC(=O)CCc2ccc(S(=O)(=O)N3CCCCC3)cc2)c1. The van der Waals surface area contributed by atoms with E-state index in [2.05, 4.69) is 5.32 Å². The standard InChI is InChI=1S/C24H30N2O6S/c1-31-21-7-5-6-20(16-21)17-25-23(27)18-32-24(28)13-10-19-8-11-22(12-9-19)33(29,30)26-14-3-2-4-15-26/h5-9,11-12,16H,2-4,10,13-15,17-18H2,1H3,(H,25,27). The van der Waals surface area contributed by atoms with Gasteiger partial charge in [0, 0.05) is 26.1 Å². The molecule has 0 spiro atoms. The number of sulfonamides is 1. The van der Waals surface area contributed by atoms with Crippen LogP contribution >= 0.6 is 0 Å². The van der Waals surface area contributed by atoms with Gasteiger partial charge in [-0.3, -0.25) is 9.59 Å². The third-order valence-electron chi connectivity index (χ3n) is 5.48. The molecule has 8 nitrogen and oxygen atoms in total. The molecule has 0 saturated carbocycles. The van der Waals surface area contributed by atoms with Crippen molar-refractivity contribution in [2.75, 3.05) is 26.8 Å². The van der Waals surface area contributed by atoms with Gasteiger partial charge in [0.15, 0.2) is 6.61 Å². The highest BCUT2D eigenvalue weighted by Gasteiger charge is 2.25. The Labute approximate surface area is 194 Å². The first-order valence-electron chi connectivity index (χ1n) is 11.0. The molecule has 3 rings (SSSR count). The van der Waals surface area contributed by atoms with Crippen LogP contribution in [0.25, 0.3) is 0 Å². The third kappa shape index (κ3) is 7.30. The molecule has 0 unspecified atom stereocenters. The van der Waals surface area contributed by atoms with Crippen molar-refractivity contribution in [1.29, 1.82) is 0 Å². The van der Waals surface area contributed by atoms with E-state index in [-0.39, 0.29) is 17.9 Å². The summed E-state index contributed by atoms with van der Waals surface area (Å²) in [5.41, 5.74) is 1.70. The van der Waals surface area contributed by atoms with Gasteiger partial charge in [-0.1, -0.05) is 30.7 Å². The average molecular weight is 475 g/mol. The Balaban J connectivity index is 1.39. The van der Waals surface area contributed by atoms with Crippen LogP contribution in [-0.2, 0) is 37.3 Å². The van der Waals surface area contributed by atoms with Gasteiger partial charge >= 0.3 is 5.97 Å². The van der Waals surface area contributed by atoms with Gasteiger partial charge in [-0.15, -0.1) is 0 Å². The lowest BCUT2D eigenvalue weighted by molar-refractivity contribution is -0.148. The molecule has 2 aromatic carbocycles. The largest absolute Gasteiger partial charge is 0.497 e. The van der Waals surface area contributed by atoms with Crippen molar-refractivity contribution in [3.8, 4) is 5.75 Å². The molecular weight excluding hydrogens is 444 g/mol. The van der Waals surface area contributed by atoms with Gasteiger partial charge < -0.3 is 14.8 Å². The first-order valence-corrected chi connectivity index (χ1v) is 12.5. The molecule has 1 saturated heterocycles. The van der Waals surface area contributed by atoms with Crippen molar-refractivity contribution < 1.29 is 27.5 Å². The molecule has 178 valence electrons. The van der Waals surface area contributed by atoms with Crippen LogP contribution in [-0.4, -0.2) is 51.4 Å². The molecule has 0 radical (unpaired) electrons. The van der Waals surface area contributed by atoms with Crippen molar-refractivity contribution in [1.82, 2.24) is 9.62 Å². The van der Waals surface area contributed by atoms with E-state index in [4.69, 9.17) is 9.47 Å². The van der Waals surface area contributed by atoms with E-state index in [1.54, 1.807) is 31.4 Å². The summed E-state index contributed by atoms with van der Waals surface area (Å²) in [6.07, 6.45) is 3.33. The fraction of sp³-hybridized carbons (Fsp3) is 0.417. The Bertz CT molecular complexity index is 1050. The van der Waals surface area contributed by atoms with Gasteiger partial charge in [-0.25, -0.2) is 8.42 Å². The highest BCUT2D eigenvalue weighted by molar-refractivity contribution is 7.89. The van der Waals surface area contributed by atoms with E-state index in [0.29, 0.717) is 31.8 Å². The number of piperidine rings is 1. The predicted octanol–water partition coefficient (Wildman–Crippen LogP) is 2.66. The number of nitrogens with one attached hydrogen (secondary N) is 1. The summed E-state index contributed by atoms with van der Waals surface area (Å²) in [4.78, 5) is 24.2. The lowest BCUT2D eigenvalue weighted by Crippen LogP contribution is -2.35. The molecule has 1 aliphatic rings. The van der Waals surface area contributed by atoms with Crippen molar-refractivity contribution in [3.05, 3.63) is 59.7 Å². The number of esters is 1. The number of carbonyl (C=O) groups excluding carboxylic acids is 2. The number of aryl methyl sites for hydroxylation is 1. The van der Waals surface area contributed by atoms with Gasteiger partial charge in [-0.05, 0) is 54.7 Å². The van der Waals surface area contributed by atoms with Crippen LogP contribution in [0.3, 0.4) is 0 Å². The van der Waals surface area contributed by atoms with Crippen molar-refractivity contribution >= 4 is 21.9 Å². The molecule has 0 aromatic heterocycles. The summed E-state index contributed by atoms with van der Waals surface area (Å²) in [6, 6.07) is 13.9. The number of hydrogen-bond acceptors (Lipinski definition) is 6.